The quantitative estimate of drug-likeness (QED) is 0.777. The average Bonchev–Trinajstić information content (AvgIpc) is 3.23. The van der Waals surface area contributed by atoms with Gasteiger partial charge >= 0.3 is 0 Å². The van der Waals surface area contributed by atoms with Gasteiger partial charge in [-0.25, -0.2) is 0 Å². The third kappa shape index (κ3) is 2.76. The molecule has 18 heavy (non-hydrogen) atoms. The SMILES string of the molecule is COCC(CO)(Nc1cccc(OC)c1)C1CC1. The van der Waals surface area contributed by atoms with Gasteiger partial charge in [-0.05, 0) is 30.9 Å². The van der Waals surface area contributed by atoms with Gasteiger partial charge in [-0.2, -0.15) is 0 Å². The average molecular weight is 251 g/mol. The van der Waals surface area contributed by atoms with Crippen molar-refractivity contribution in [2.45, 2.75) is 18.4 Å². The minimum atomic E-state index is -0.374. The van der Waals surface area contributed by atoms with E-state index in [1.54, 1.807) is 14.2 Å². The first-order valence-electron chi connectivity index (χ1n) is 6.26. The summed E-state index contributed by atoms with van der Waals surface area (Å²) in [6.45, 7) is 0.577. The highest BCUT2D eigenvalue weighted by molar-refractivity contribution is 5.50. The van der Waals surface area contributed by atoms with Crippen molar-refractivity contribution in [2.75, 3.05) is 32.8 Å². The van der Waals surface area contributed by atoms with Crippen LogP contribution >= 0.6 is 0 Å². The van der Waals surface area contributed by atoms with Gasteiger partial charge in [0.1, 0.15) is 5.75 Å². The first-order chi connectivity index (χ1) is 8.74. The van der Waals surface area contributed by atoms with Gasteiger partial charge in [0.2, 0.25) is 0 Å². The Hall–Kier alpha value is -1.26. The molecule has 1 atom stereocenters. The number of benzene rings is 1. The lowest BCUT2D eigenvalue weighted by Crippen LogP contribution is -2.48. The number of ether oxygens (including phenoxy) is 2. The summed E-state index contributed by atoms with van der Waals surface area (Å²) in [5, 5.41) is 13.2. The number of rotatable bonds is 7. The number of aliphatic hydroxyl groups is 1. The van der Waals surface area contributed by atoms with Crippen LogP contribution in [-0.2, 0) is 4.74 Å². The largest absolute Gasteiger partial charge is 0.497 e. The molecule has 100 valence electrons. The molecule has 4 nitrogen and oxygen atoms in total. The fourth-order valence-corrected chi connectivity index (χ4v) is 2.35. The van der Waals surface area contributed by atoms with Crippen molar-refractivity contribution in [1.82, 2.24) is 0 Å². The van der Waals surface area contributed by atoms with Gasteiger partial charge in [-0.3, -0.25) is 0 Å². The molecule has 0 heterocycles. The van der Waals surface area contributed by atoms with Gasteiger partial charge in [-0.15, -0.1) is 0 Å². The Morgan fingerprint density at radius 3 is 2.72 bits per heavy atom. The third-order valence-electron chi connectivity index (χ3n) is 3.51. The van der Waals surface area contributed by atoms with Crippen LogP contribution in [0.1, 0.15) is 12.8 Å². The van der Waals surface area contributed by atoms with E-state index in [-0.39, 0.29) is 12.1 Å². The Bertz CT molecular complexity index is 392. The van der Waals surface area contributed by atoms with Crippen LogP contribution in [0.5, 0.6) is 5.75 Å². The van der Waals surface area contributed by atoms with Gasteiger partial charge in [0, 0.05) is 18.9 Å². The minimum Gasteiger partial charge on any atom is -0.497 e. The molecule has 1 unspecified atom stereocenters. The molecular weight excluding hydrogens is 230 g/mol. The summed E-state index contributed by atoms with van der Waals surface area (Å²) < 4.78 is 10.5. The Labute approximate surface area is 108 Å². The molecule has 2 N–H and O–H groups in total. The topological polar surface area (TPSA) is 50.7 Å². The van der Waals surface area contributed by atoms with Crippen LogP contribution in [0.25, 0.3) is 0 Å². The maximum absolute atomic E-state index is 9.73. The molecule has 0 aromatic heterocycles. The highest BCUT2D eigenvalue weighted by Gasteiger charge is 2.45. The molecular formula is C14H21NO3. The van der Waals surface area contributed by atoms with Gasteiger partial charge in [-0.1, -0.05) is 6.07 Å². The second kappa shape index (κ2) is 5.59. The number of hydrogen-bond acceptors (Lipinski definition) is 4. The number of aliphatic hydroxyl groups excluding tert-OH is 1. The summed E-state index contributed by atoms with van der Waals surface area (Å²) in [6, 6.07) is 7.75. The van der Waals surface area contributed by atoms with Crippen LogP contribution in [0.4, 0.5) is 5.69 Å². The fourth-order valence-electron chi connectivity index (χ4n) is 2.35. The number of hydrogen-bond donors (Lipinski definition) is 2. The number of anilines is 1. The normalized spacial score (nSPS) is 18.2. The van der Waals surface area contributed by atoms with E-state index in [1.165, 1.54) is 0 Å². The van der Waals surface area contributed by atoms with Crippen LogP contribution < -0.4 is 10.1 Å². The lowest BCUT2D eigenvalue weighted by Gasteiger charge is -2.33. The van der Waals surface area contributed by atoms with Crippen LogP contribution in [0, 0.1) is 5.92 Å². The molecule has 1 saturated carbocycles. The standard InChI is InChI=1S/C14H21NO3/c1-17-10-14(9-16,11-6-7-11)15-12-4-3-5-13(8-12)18-2/h3-5,8,11,15-16H,6-7,9-10H2,1-2H3. The smallest absolute Gasteiger partial charge is 0.120 e. The van der Waals surface area contributed by atoms with Crippen LogP contribution in [0.3, 0.4) is 0 Å². The first-order valence-corrected chi connectivity index (χ1v) is 6.26. The molecule has 0 amide bonds. The molecule has 1 fully saturated rings. The summed E-state index contributed by atoms with van der Waals surface area (Å²) in [5.74, 6) is 1.29. The monoisotopic (exact) mass is 251 g/mol. The molecule has 0 radical (unpaired) electrons. The summed E-state index contributed by atoms with van der Waals surface area (Å²) >= 11 is 0. The zero-order valence-corrected chi connectivity index (χ0v) is 11.0. The van der Waals surface area contributed by atoms with Gasteiger partial charge in [0.05, 0.1) is 25.9 Å². The first kappa shape index (κ1) is 13.2. The second-order valence-corrected chi connectivity index (χ2v) is 4.88. The zero-order chi connectivity index (χ0) is 13.0. The molecule has 0 spiro atoms. The van der Waals surface area contributed by atoms with Gasteiger partial charge in [0.15, 0.2) is 0 Å². The van der Waals surface area contributed by atoms with Crippen molar-refractivity contribution in [3.8, 4) is 5.75 Å². The van der Waals surface area contributed by atoms with E-state index >= 15 is 0 Å². The predicted octanol–water partition coefficient (Wildman–Crippen LogP) is 1.89. The highest BCUT2D eigenvalue weighted by Crippen LogP contribution is 2.41. The lowest BCUT2D eigenvalue weighted by molar-refractivity contribution is 0.0862. The fraction of sp³-hybridized carbons (Fsp3) is 0.571. The molecule has 2 rings (SSSR count). The third-order valence-corrected chi connectivity index (χ3v) is 3.51. The summed E-state index contributed by atoms with van der Waals surface area (Å²) in [6.07, 6.45) is 2.28. The predicted molar refractivity (Wildman–Crippen MR) is 71.0 cm³/mol. The van der Waals surface area contributed by atoms with Gasteiger partial charge < -0.3 is 19.9 Å². The summed E-state index contributed by atoms with van der Waals surface area (Å²) in [5.41, 5.74) is 0.577. The molecule has 0 saturated heterocycles. The Kier molecular flexibility index (Phi) is 4.09. The molecule has 0 bridgehead atoms. The van der Waals surface area contributed by atoms with Crippen LogP contribution in [0.2, 0.25) is 0 Å². The maximum atomic E-state index is 9.73. The molecule has 1 aliphatic rings. The van der Waals surface area contributed by atoms with E-state index in [0.29, 0.717) is 12.5 Å². The number of methoxy groups -OCH3 is 2. The Morgan fingerprint density at radius 1 is 1.39 bits per heavy atom. The molecule has 1 aromatic rings. The lowest BCUT2D eigenvalue weighted by atomic mass is 9.94. The number of nitrogens with one attached hydrogen (secondary N) is 1. The van der Waals surface area contributed by atoms with Crippen molar-refractivity contribution in [3.05, 3.63) is 24.3 Å². The molecule has 0 aliphatic heterocycles. The van der Waals surface area contributed by atoms with Crippen molar-refractivity contribution >= 4 is 5.69 Å². The molecule has 1 aliphatic carbocycles. The summed E-state index contributed by atoms with van der Waals surface area (Å²) in [4.78, 5) is 0. The minimum absolute atomic E-state index is 0.0721. The van der Waals surface area contributed by atoms with E-state index in [1.807, 2.05) is 24.3 Å². The van der Waals surface area contributed by atoms with Crippen molar-refractivity contribution in [1.29, 1.82) is 0 Å². The Morgan fingerprint density at radius 2 is 2.17 bits per heavy atom. The molecule has 1 aromatic carbocycles. The van der Waals surface area contributed by atoms with Crippen molar-refractivity contribution in [2.24, 2.45) is 5.92 Å². The van der Waals surface area contributed by atoms with Crippen LogP contribution in [0.15, 0.2) is 24.3 Å². The van der Waals surface area contributed by atoms with Crippen molar-refractivity contribution < 1.29 is 14.6 Å². The van der Waals surface area contributed by atoms with Crippen LogP contribution in [-0.4, -0.2) is 38.1 Å². The highest BCUT2D eigenvalue weighted by atomic mass is 16.5. The summed E-state index contributed by atoms with van der Waals surface area (Å²) in [7, 11) is 3.31. The maximum Gasteiger partial charge on any atom is 0.120 e. The molecule has 4 heteroatoms. The van der Waals surface area contributed by atoms with E-state index in [4.69, 9.17) is 9.47 Å². The van der Waals surface area contributed by atoms with E-state index < -0.39 is 0 Å². The van der Waals surface area contributed by atoms with Crippen molar-refractivity contribution in [3.63, 3.8) is 0 Å². The van der Waals surface area contributed by atoms with E-state index in [2.05, 4.69) is 5.32 Å². The van der Waals surface area contributed by atoms with E-state index in [9.17, 15) is 5.11 Å². The Balaban J connectivity index is 2.16. The van der Waals surface area contributed by atoms with Gasteiger partial charge in [0.25, 0.3) is 0 Å². The zero-order valence-electron chi connectivity index (χ0n) is 11.0. The second-order valence-electron chi connectivity index (χ2n) is 4.88. The van der Waals surface area contributed by atoms with E-state index in [0.717, 1.165) is 24.3 Å².